The monoisotopic (exact) mass is 582 g/mol. The van der Waals surface area contributed by atoms with Crippen molar-refractivity contribution in [1.82, 2.24) is 10.2 Å². The first-order chi connectivity index (χ1) is 17.5. The molecule has 0 atom stereocenters. The van der Waals surface area contributed by atoms with Gasteiger partial charge < -0.3 is 30.1 Å². The lowest BCUT2D eigenvalue weighted by atomic mass is 9.84. The zero-order chi connectivity index (χ0) is 27.3. The molecule has 0 saturated carbocycles. The van der Waals surface area contributed by atoms with Crippen LogP contribution in [-0.4, -0.2) is 68.0 Å². The quantitative estimate of drug-likeness (QED) is 0.228. The second kappa shape index (κ2) is 14.4. The predicted octanol–water partition coefficient (Wildman–Crippen LogP) is 4.41. The van der Waals surface area contributed by atoms with Crippen LogP contribution in [0.3, 0.4) is 0 Å². The fourth-order valence-corrected chi connectivity index (χ4v) is 4.42. The summed E-state index contributed by atoms with van der Waals surface area (Å²) in [5, 5.41) is 23.8. The molecule has 0 saturated heterocycles. The Morgan fingerprint density at radius 1 is 1.15 bits per heavy atom. The van der Waals surface area contributed by atoms with Gasteiger partial charge in [0.05, 0.1) is 31.5 Å². The van der Waals surface area contributed by atoms with Gasteiger partial charge in [-0.05, 0) is 48.6 Å². The van der Waals surface area contributed by atoms with Gasteiger partial charge in [0.15, 0.2) is 5.78 Å². The summed E-state index contributed by atoms with van der Waals surface area (Å²) in [6.45, 7) is 9.42. The van der Waals surface area contributed by atoms with E-state index in [0.29, 0.717) is 60.0 Å². The zero-order valence-corrected chi connectivity index (χ0v) is 25.0. The van der Waals surface area contributed by atoms with Gasteiger partial charge in [-0.15, -0.1) is 24.8 Å². The highest BCUT2D eigenvalue weighted by molar-refractivity contribution is 6.08. The van der Waals surface area contributed by atoms with E-state index < -0.39 is 0 Å². The van der Waals surface area contributed by atoms with E-state index in [9.17, 15) is 14.7 Å². The number of aliphatic hydroxyl groups is 1. The average molecular weight is 584 g/mol. The van der Waals surface area contributed by atoms with Gasteiger partial charge in [-0.25, -0.2) is 0 Å². The molecule has 0 spiro atoms. The van der Waals surface area contributed by atoms with Crippen LogP contribution in [0.15, 0.2) is 24.3 Å². The Hall–Kier alpha value is -3.01. The molecule has 2 aromatic carbocycles. The van der Waals surface area contributed by atoms with Crippen molar-refractivity contribution in [2.75, 3.05) is 45.8 Å². The lowest BCUT2D eigenvalue weighted by Crippen LogP contribution is -2.30. The van der Waals surface area contributed by atoms with Crippen LogP contribution >= 0.6 is 24.8 Å². The van der Waals surface area contributed by atoms with E-state index in [1.165, 1.54) is 0 Å². The number of hydrogen-bond acceptors (Lipinski definition) is 7. The van der Waals surface area contributed by atoms with Gasteiger partial charge in [0.2, 0.25) is 0 Å². The number of hydrogen-bond donors (Lipinski definition) is 4. The van der Waals surface area contributed by atoms with Crippen molar-refractivity contribution in [2.45, 2.75) is 46.1 Å². The van der Waals surface area contributed by atoms with Crippen LogP contribution in [0.5, 0.6) is 11.5 Å². The Bertz CT molecular complexity index is 1200. The molecule has 1 heterocycles. The molecule has 3 rings (SSSR count). The first-order valence-electron chi connectivity index (χ1n) is 12.5. The first-order valence-corrected chi connectivity index (χ1v) is 12.5. The number of aliphatic hydroxyl groups excluding tert-OH is 1. The van der Waals surface area contributed by atoms with Crippen molar-refractivity contribution in [3.8, 4) is 11.5 Å². The Kier molecular flexibility index (Phi) is 12.6. The van der Waals surface area contributed by atoms with Crippen LogP contribution in [0, 0.1) is 5.41 Å². The highest BCUT2D eigenvalue weighted by atomic mass is 35.5. The third-order valence-corrected chi connectivity index (χ3v) is 6.32. The summed E-state index contributed by atoms with van der Waals surface area (Å²) < 4.78 is 11.4. The Balaban J connectivity index is 0.00000380. The van der Waals surface area contributed by atoms with Crippen molar-refractivity contribution in [2.24, 2.45) is 0 Å². The second-order valence-electron chi connectivity index (χ2n) is 10.0. The number of benzene rings is 2. The number of fused-ring (bicyclic) bond motifs is 1. The molecule has 0 unspecified atom stereocenters. The number of Topliss-reactive ketones (excluding diaryl/α,β-unsaturated/α-hetero) is 1. The molecule has 0 fully saturated rings. The van der Waals surface area contributed by atoms with Crippen LogP contribution < -0.4 is 20.1 Å². The number of carbonyl (C=O) groups is 2. The van der Waals surface area contributed by atoms with E-state index in [-0.39, 0.29) is 60.9 Å². The van der Waals surface area contributed by atoms with E-state index in [0.717, 1.165) is 11.1 Å². The van der Waals surface area contributed by atoms with Crippen molar-refractivity contribution < 1.29 is 24.2 Å². The number of halogens is 2. The van der Waals surface area contributed by atoms with E-state index in [4.69, 9.17) is 14.9 Å². The van der Waals surface area contributed by atoms with Crippen molar-refractivity contribution in [3.63, 3.8) is 0 Å². The lowest BCUT2D eigenvalue weighted by Gasteiger charge is -2.26. The number of nitrogens with one attached hydrogen (secondary N) is 3. The summed E-state index contributed by atoms with van der Waals surface area (Å²) >= 11 is 0. The molecule has 0 radical (unpaired) electrons. The molecule has 1 aliphatic heterocycles. The van der Waals surface area contributed by atoms with Gasteiger partial charge in [-0.3, -0.25) is 15.0 Å². The maximum atomic E-state index is 13.5. The third-order valence-electron chi connectivity index (χ3n) is 6.32. The average Bonchev–Trinajstić information content (AvgIpc) is 3.16. The van der Waals surface area contributed by atoms with Gasteiger partial charge in [-0.2, -0.15) is 0 Å². The van der Waals surface area contributed by atoms with Gasteiger partial charge in [0.1, 0.15) is 17.3 Å². The molecule has 9 nitrogen and oxygen atoms in total. The number of nitrogens with zero attached hydrogens (tertiary/aromatic N) is 1. The summed E-state index contributed by atoms with van der Waals surface area (Å²) in [5.41, 5.74) is 3.65. The minimum absolute atomic E-state index is 0. The van der Waals surface area contributed by atoms with Gasteiger partial charge >= 0.3 is 0 Å². The fourth-order valence-electron chi connectivity index (χ4n) is 4.42. The highest BCUT2D eigenvalue weighted by Crippen LogP contribution is 2.39. The molecule has 11 heteroatoms. The molecule has 216 valence electrons. The third kappa shape index (κ3) is 7.56. The fraction of sp³-hybridized carbons (Fsp3) is 0.464. The minimum atomic E-state index is -0.289. The van der Waals surface area contributed by atoms with Crippen LogP contribution in [0.25, 0.3) is 0 Å². The van der Waals surface area contributed by atoms with Gasteiger partial charge in [-0.1, -0.05) is 20.8 Å². The van der Waals surface area contributed by atoms with Crippen molar-refractivity contribution in [1.29, 1.82) is 5.41 Å². The summed E-state index contributed by atoms with van der Waals surface area (Å²) in [7, 11) is 3.16. The minimum Gasteiger partial charge on any atom is -0.494 e. The van der Waals surface area contributed by atoms with Gasteiger partial charge in [0, 0.05) is 43.4 Å². The smallest absolute Gasteiger partial charge is 0.254 e. The first kappa shape index (κ1) is 34.0. The van der Waals surface area contributed by atoms with Crippen molar-refractivity contribution >= 4 is 48.0 Å². The number of carbonyl (C=O) groups excluding carboxylic acids is 2. The molecular formula is C28H40Cl2N4O5. The highest BCUT2D eigenvalue weighted by Gasteiger charge is 2.30. The SMILES string of the molecule is CCOc1cc2c(cc1C(=O)NC)C(=N)N(CC(=O)c1cc(NCCCO)c(OC)c(C(C)(C)C)c1)C2.Cl.Cl. The number of amidine groups is 1. The Labute approximate surface area is 243 Å². The molecule has 39 heavy (non-hydrogen) atoms. The number of rotatable bonds is 11. The predicted molar refractivity (Wildman–Crippen MR) is 159 cm³/mol. The number of ketones is 1. The number of amides is 1. The summed E-state index contributed by atoms with van der Waals surface area (Å²) in [4.78, 5) is 27.6. The van der Waals surface area contributed by atoms with Crippen LogP contribution in [0.4, 0.5) is 5.69 Å². The van der Waals surface area contributed by atoms with Crippen molar-refractivity contribution in [3.05, 3.63) is 52.1 Å². The topological polar surface area (TPSA) is 124 Å². The number of ether oxygens (including phenoxy) is 2. The molecule has 4 N–H and O–H groups in total. The molecule has 0 aliphatic carbocycles. The Morgan fingerprint density at radius 2 is 1.85 bits per heavy atom. The van der Waals surface area contributed by atoms with E-state index in [1.54, 1.807) is 37.3 Å². The second-order valence-corrected chi connectivity index (χ2v) is 10.0. The summed E-state index contributed by atoms with van der Waals surface area (Å²) in [5.74, 6) is 0.913. The lowest BCUT2D eigenvalue weighted by molar-refractivity contribution is 0.0953. The molecule has 1 amide bonds. The molecule has 0 bridgehead atoms. The zero-order valence-electron chi connectivity index (χ0n) is 23.4. The van der Waals surface area contributed by atoms with Crippen LogP contribution in [0.2, 0.25) is 0 Å². The Morgan fingerprint density at radius 3 is 2.41 bits per heavy atom. The molecular weight excluding hydrogens is 543 g/mol. The standard InChI is InChI=1S/C28H38N4O5.2ClH/c1-7-37-24-13-18-15-32(26(29)19(18)14-20(24)27(35)30-5)16-23(34)17-11-21(28(2,3)4)25(36-6)22(12-17)31-9-8-10-33;;/h11-14,29,31,33H,7-10,15-16H2,1-6H3,(H,30,35);2*1H. The summed E-state index contributed by atoms with van der Waals surface area (Å²) in [6.07, 6.45) is 0.567. The van der Waals surface area contributed by atoms with Crippen LogP contribution in [0.1, 0.15) is 71.5 Å². The maximum Gasteiger partial charge on any atom is 0.254 e. The van der Waals surface area contributed by atoms with E-state index in [2.05, 4.69) is 31.4 Å². The van der Waals surface area contributed by atoms with E-state index >= 15 is 0 Å². The largest absolute Gasteiger partial charge is 0.494 e. The number of anilines is 1. The molecule has 1 aliphatic rings. The van der Waals surface area contributed by atoms with Gasteiger partial charge in [0.25, 0.3) is 5.91 Å². The molecule has 0 aromatic heterocycles. The maximum absolute atomic E-state index is 13.5. The molecule has 2 aromatic rings. The summed E-state index contributed by atoms with van der Waals surface area (Å²) in [6, 6.07) is 7.09. The van der Waals surface area contributed by atoms with E-state index in [1.807, 2.05) is 13.0 Å². The number of methoxy groups -OCH3 is 1. The van der Waals surface area contributed by atoms with Crippen LogP contribution in [-0.2, 0) is 12.0 Å². The normalized spacial score (nSPS) is 12.2.